The van der Waals surface area contributed by atoms with E-state index in [1.807, 2.05) is 0 Å². The van der Waals surface area contributed by atoms with Crippen molar-refractivity contribution >= 4 is 23.5 Å². The van der Waals surface area contributed by atoms with Gasteiger partial charge in [0, 0.05) is 17.4 Å². The highest BCUT2D eigenvalue weighted by atomic mass is 35.5. The third-order valence-electron chi connectivity index (χ3n) is 3.50. The number of hydrogen-bond donors (Lipinski definition) is 1. The Morgan fingerprint density at radius 3 is 2.46 bits per heavy atom. The summed E-state index contributed by atoms with van der Waals surface area (Å²) in [5.74, 6) is -4.61. The number of carbonyl (C=O) groups is 2. The smallest absolute Gasteiger partial charge is 0.379 e. The summed E-state index contributed by atoms with van der Waals surface area (Å²) in [5.41, 5.74) is 0.771. The molecule has 0 aromatic heterocycles. The average Bonchev–Trinajstić information content (AvgIpc) is 2.55. The molecule has 24 heavy (non-hydrogen) atoms. The highest BCUT2D eigenvalue weighted by Gasteiger charge is 2.47. The topological polar surface area (TPSA) is 82.1 Å². The van der Waals surface area contributed by atoms with Crippen LogP contribution in [-0.4, -0.2) is 36.0 Å². The lowest BCUT2D eigenvalue weighted by Crippen LogP contribution is -2.46. The number of carbonyl (C=O) groups excluding carboxylic acids is 2. The lowest BCUT2D eigenvalue weighted by Gasteiger charge is -2.33. The summed E-state index contributed by atoms with van der Waals surface area (Å²) in [6.07, 6.45) is 1.44. The second kappa shape index (κ2) is 7.68. The van der Waals surface area contributed by atoms with Crippen molar-refractivity contribution in [2.45, 2.75) is 32.0 Å². The van der Waals surface area contributed by atoms with Gasteiger partial charge in [0.05, 0.1) is 13.2 Å². The highest BCUT2D eigenvalue weighted by molar-refractivity contribution is 6.30. The zero-order valence-electron chi connectivity index (χ0n) is 13.5. The third-order valence-corrected chi connectivity index (χ3v) is 3.75. The van der Waals surface area contributed by atoms with Gasteiger partial charge in [0.1, 0.15) is 0 Å². The van der Waals surface area contributed by atoms with Crippen LogP contribution in [0.25, 0.3) is 0 Å². The maximum atomic E-state index is 12.1. The van der Waals surface area contributed by atoms with E-state index in [2.05, 4.69) is 0 Å². The molecule has 1 aromatic rings. The predicted molar refractivity (Wildman–Crippen MR) is 86.2 cm³/mol. The number of aliphatic hydroxyl groups is 1. The summed E-state index contributed by atoms with van der Waals surface area (Å²) >= 11 is 5.88. The molecule has 130 valence electrons. The van der Waals surface area contributed by atoms with E-state index >= 15 is 0 Å². The lowest BCUT2D eigenvalue weighted by molar-refractivity contribution is -0.224. The molecule has 0 aliphatic carbocycles. The summed E-state index contributed by atoms with van der Waals surface area (Å²) in [5, 5.41) is 11.1. The Labute approximate surface area is 145 Å². The van der Waals surface area contributed by atoms with Crippen LogP contribution in [0.5, 0.6) is 0 Å². The molecule has 0 fully saturated rings. The molecular weight excluding hydrogens is 336 g/mol. The SMILES string of the molecule is CCOC(=O)C1=CC(c2ccc(Cl)cc2)CC(O)(C(=O)OCC)O1. The molecule has 0 spiro atoms. The number of ether oxygens (including phenoxy) is 3. The van der Waals surface area contributed by atoms with Gasteiger partial charge in [-0.25, -0.2) is 9.59 Å². The van der Waals surface area contributed by atoms with Crippen LogP contribution in [0.1, 0.15) is 31.7 Å². The molecule has 0 radical (unpaired) electrons. The van der Waals surface area contributed by atoms with Crippen LogP contribution < -0.4 is 0 Å². The van der Waals surface area contributed by atoms with Gasteiger partial charge >= 0.3 is 17.7 Å². The van der Waals surface area contributed by atoms with Crippen LogP contribution in [0.3, 0.4) is 0 Å². The number of esters is 2. The van der Waals surface area contributed by atoms with E-state index in [0.29, 0.717) is 5.02 Å². The minimum Gasteiger partial charge on any atom is -0.461 e. The fourth-order valence-electron chi connectivity index (χ4n) is 2.40. The minimum absolute atomic E-state index is 0.0779. The quantitative estimate of drug-likeness (QED) is 0.818. The van der Waals surface area contributed by atoms with Crippen LogP contribution in [0, 0.1) is 0 Å². The van der Waals surface area contributed by atoms with Crippen molar-refractivity contribution < 1.29 is 28.9 Å². The van der Waals surface area contributed by atoms with Gasteiger partial charge in [-0.05, 0) is 37.6 Å². The Kier molecular flexibility index (Phi) is 5.85. The first-order valence-electron chi connectivity index (χ1n) is 7.62. The van der Waals surface area contributed by atoms with E-state index in [1.54, 1.807) is 38.1 Å². The van der Waals surface area contributed by atoms with Crippen molar-refractivity contribution in [3.05, 3.63) is 46.7 Å². The maximum absolute atomic E-state index is 12.1. The Morgan fingerprint density at radius 2 is 1.88 bits per heavy atom. The Morgan fingerprint density at radius 1 is 1.25 bits per heavy atom. The fraction of sp³-hybridized carbons (Fsp3) is 0.412. The van der Waals surface area contributed by atoms with Crippen molar-refractivity contribution in [3.63, 3.8) is 0 Å². The molecule has 2 unspecified atom stereocenters. The first-order valence-corrected chi connectivity index (χ1v) is 8.00. The molecule has 1 aromatic carbocycles. The molecule has 1 aliphatic rings. The summed E-state index contributed by atoms with van der Waals surface area (Å²) in [6, 6.07) is 6.88. The molecule has 1 N–H and O–H groups in total. The molecule has 0 amide bonds. The number of allylic oxidation sites excluding steroid dienone is 1. The lowest BCUT2D eigenvalue weighted by atomic mass is 9.88. The van der Waals surface area contributed by atoms with Gasteiger partial charge in [-0.2, -0.15) is 0 Å². The van der Waals surface area contributed by atoms with Crippen LogP contribution >= 0.6 is 11.6 Å². The van der Waals surface area contributed by atoms with Gasteiger partial charge < -0.3 is 19.3 Å². The van der Waals surface area contributed by atoms with Crippen molar-refractivity contribution in [1.82, 2.24) is 0 Å². The number of benzene rings is 1. The van der Waals surface area contributed by atoms with E-state index in [0.717, 1.165) is 5.56 Å². The number of rotatable bonds is 5. The van der Waals surface area contributed by atoms with Crippen LogP contribution in [0.15, 0.2) is 36.1 Å². The van der Waals surface area contributed by atoms with Gasteiger partial charge in [-0.15, -0.1) is 0 Å². The number of halogens is 1. The van der Waals surface area contributed by atoms with Crippen LogP contribution in [0.4, 0.5) is 0 Å². The van der Waals surface area contributed by atoms with E-state index in [9.17, 15) is 14.7 Å². The Balaban J connectivity index is 2.37. The van der Waals surface area contributed by atoms with Gasteiger partial charge in [0.2, 0.25) is 5.76 Å². The molecule has 1 heterocycles. The van der Waals surface area contributed by atoms with E-state index in [1.165, 1.54) is 6.08 Å². The zero-order valence-corrected chi connectivity index (χ0v) is 14.2. The first kappa shape index (κ1) is 18.3. The second-order valence-corrected chi connectivity index (χ2v) is 5.66. The molecule has 6 nitrogen and oxygen atoms in total. The molecule has 0 bridgehead atoms. The molecule has 0 saturated heterocycles. The van der Waals surface area contributed by atoms with E-state index in [4.69, 9.17) is 25.8 Å². The van der Waals surface area contributed by atoms with Crippen molar-refractivity contribution in [1.29, 1.82) is 0 Å². The second-order valence-electron chi connectivity index (χ2n) is 5.22. The number of hydrogen-bond acceptors (Lipinski definition) is 6. The molecule has 1 aliphatic heterocycles. The van der Waals surface area contributed by atoms with Crippen molar-refractivity contribution in [3.8, 4) is 0 Å². The normalized spacial score (nSPS) is 23.0. The summed E-state index contributed by atoms with van der Waals surface area (Å²) in [4.78, 5) is 24.1. The Bertz CT molecular complexity index is 639. The van der Waals surface area contributed by atoms with Gasteiger partial charge in [-0.1, -0.05) is 23.7 Å². The van der Waals surface area contributed by atoms with Gasteiger partial charge in [-0.3, -0.25) is 0 Å². The fourth-order valence-corrected chi connectivity index (χ4v) is 2.53. The highest BCUT2D eigenvalue weighted by Crippen LogP contribution is 2.37. The maximum Gasteiger partial charge on any atom is 0.379 e. The third kappa shape index (κ3) is 4.07. The minimum atomic E-state index is -2.25. The summed E-state index contributed by atoms with van der Waals surface area (Å²) in [7, 11) is 0. The van der Waals surface area contributed by atoms with Crippen LogP contribution in [-0.2, 0) is 23.8 Å². The zero-order chi connectivity index (χ0) is 17.7. The molecular formula is C17H19ClO6. The average molecular weight is 355 g/mol. The predicted octanol–water partition coefficient (Wildman–Crippen LogP) is 2.54. The van der Waals surface area contributed by atoms with Crippen LogP contribution in [0.2, 0.25) is 5.02 Å². The Hall–Kier alpha value is -2.05. The van der Waals surface area contributed by atoms with Gasteiger partial charge in [0.25, 0.3) is 0 Å². The van der Waals surface area contributed by atoms with Crippen molar-refractivity contribution in [2.24, 2.45) is 0 Å². The molecule has 2 rings (SSSR count). The van der Waals surface area contributed by atoms with Gasteiger partial charge in [0.15, 0.2) is 0 Å². The van der Waals surface area contributed by atoms with E-state index in [-0.39, 0.29) is 25.4 Å². The summed E-state index contributed by atoms with van der Waals surface area (Å²) < 4.78 is 15.0. The standard InChI is InChI=1S/C17H19ClO6/c1-3-22-15(19)14-9-12(11-5-7-13(18)8-6-11)10-17(21,24-14)16(20)23-4-2/h5-9,12,21H,3-4,10H2,1-2H3. The van der Waals surface area contributed by atoms with Crippen molar-refractivity contribution in [2.75, 3.05) is 13.2 Å². The van der Waals surface area contributed by atoms with E-state index < -0.39 is 23.6 Å². The molecule has 0 saturated carbocycles. The molecule has 2 atom stereocenters. The molecule has 7 heteroatoms. The monoisotopic (exact) mass is 354 g/mol. The summed E-state index contributed by atoms with van der Waals surface area (Å²) in [6.45, 7) is 3.48. The largest absolute Gasteiger partial charge is 0.461 e. The first-order chi connectivity index (χ1) is 11.4.